The number of hydrogen-bond donors (Lipinski definition) is 1. The highest BCUT2D eigenvalue weighted by Crippen LogP contribution is 2.30. The molecule has 1 N–H and O–H groups in total. The van der Waals surface area contributed by atoms with E-state index in [4.69, 9.17) is 4.42 Å². The molecule has 2 heterocycles. The Labute approximate surface area is 196 Å². The number of hydrogen-bond acceptors (Lipinski definition) is 7. The minimum absolute atomic E-state index is 0.0420. The van der Waals surface area contributed by atoms with Crippen molar-refractivity contribution in [2.24, 2.45) is 0 Å². The van der Waals surface area contributed by atoms with Gasteiger partial charge in [0.2, 0.25) is 15.9 Å². The molecular weight excluding hydrogens is 462 g/mol. The zero-order valence-electron chi connectivity index (χ0n) is 18.4. The molecule has 1 aliphatic heterocycles. The normalized spacial score (nSPS) is 15.9. The number of carbonyl (C=O) groups is 2. The molecule has 4 rings (SSSR count). The second-order valence-corrected chi connectivity index (χ2v) is 11.2. The molecule has 0 saturated carbocycles. The summed E-state index contributed by atoms with van der Waals surface area (Å²) in [5.41, 5.74) is 2.05. The molecule has 0 spiro atoms. The van der Waals surface area contributed by atoms with E-state index in [0.29, 0.717) is 35.4 Å². The lowest BCUT2D eigenvalue weighted by atomic mass is 10.1. The van der Waals surface area contributed by atoms with Crippen molar-refractivity contribution >= 4 is 50.3 Å². The summed E-state index contributed by atoms with van der Waals surface area (Å²) >= 11 is 1.14. The van der Waals surface area contributed by atoms with Crippen molar-refractivity contribution in [3.05, 3.63) is 48.0 Å². The lowest BCUT2D eigenvalue weighted by molar-refractivity contribution is -0.115. The van der Waals surface area contributed by atoms with E-state index in [2.05, 4.69) is 10.3 Å². The standard InChI is InChI=1S/C23H25N3O5S2/c1-15(27)17-6-8-18(9-7-17)24-22(28)16(2)32-23-25-20-14-19(10-11-21(20)31-23)33(29,30)26-12-4-3-5-13-26/h6-11,14,16H,3-5,12-13H2,1-2H3,(H,24,28). The van der Waals surface area contributed by atoms with E-state index in [1.165, 1.54) is 23.4 Å². The van der Waals surface area contributed by atoms with Crippen molar-refractivity contribution in [1.29, 1.82) is 0 Å². The maximum Gasteiger partial charge on any atom is 0.257 e. The fourth-order valence-electron chi connectivity index (χ4n) is 3.59. The lowest BCUT2D eigenvalue weighted by Gasteiger charge is -2.25. The van der Waals surface area contributed by atoms with Crippen LogP contribution in [0.3, 0.4) is 0 Å². The van der Waals surface area contributed by atoms with Crippen LogP contribution in [0.2, 0.25) is 0 Å². The summed E-state index contributed by atoms with van der Waals surface area (Å²) < 4.78 is 33.1. The Hall–Kier alpha value is -2.69. The topological polar surface area (TPSA) is 110 Å². The predicted molar refractivity (Wildman–Crippen MR) is 127 cm³/mol. The van der Waals surface area contributed by atoms with Crippen molar-refractivity contribution in [2.75, 3.05) is 18.4 Å². The first-order chi connectivity index (χ1) is 15.7. The average Bonchev–Trinajstić information content (AvgIpc) is 3.21. The third-order valence-electron chi connectivity index (χ3n) is 5.50. The van der Waals surface area contributed by atoms with E-state index >= 15 is 0 Å². The van der Waals surface area contributed by atoms with Gasteiger partial charge in [0.25, 0.3) is 5.22 Å². The highest BCUT2D eigenvalue weighted by molar-refractivity contribution is 8.00. The molecule has 1 aromatic heterocycles. The molecule has 33 heavy (non-hydrogen) atoms. The zero-order valence-corrected chi connectivity index (χ0v) is 20.0. The van der Waals surface area contributed by atoms with Gasteiger partial charge in [0.1, 0.15) is 5.52 Å². The molecule has 1 fully saturated rings. The number of ketones is 1. The van der Waals surface area contributed by atoms with Gasteiger partial charge in [-0.05, 0) is 69.2 Å². The van der Waals surface area contributed by atoms with Gasteiger partial charge in [-0.3, -0.25) is 9.59 Å². The van der Waals surface area contributed by atoms with E-state index < -0.39 is 15.3 Å². The van der Waals surface area contributed by atoms with Gasteiger partial charge in [-0.1, -0.05) is 18.2 Å². The van der Waals surface area contributed by atoms with Crippen molar-refractivity contribution in [1.82, 2.24) is 9.29 Å². The van der Waals surface area contributed by atoms with Crippen LogP contribution >= 0.6 is 11.8 Å². The fraction of sp³-hybridized carbons (Fsp3) is 0.348. The van der Waals surface area contributed by atoms with Crippen LogP contribution in [-0.4, -0.2) is 47.7 Å². The highest BCUT2D eigenvalue weighted by atomic mass is 32.2. The first-order valence-corrected chi connectivity index (χ1v) is 13.1. The summed E-state index contributed by atoms with van der Waals surface area (Å²) in [5.74, 6) is -0.286. The van der Waals surface area contributed by atoms with Crippen molar-refractivity contribution < 1.29 is 22.4 Å². The zero-order chi connectivity index (χ0) is 23.6. The summed E-state index contributed by atoms with van der Waals surface area (Å²) in [6.07, 6.45) is 2.78. The number of benzene rings is 2. The molecule has 8 nitrogen and oxygen atoms in total. The molecule has 1 saturated heterocycles. The maximum atomic E-state index is 12.9. The number of amides is 1. The average molecular weight is 488 g/mol. The van der Waals surface area contributed by atoms with Crippen molar-refractivity contribution in [3.8, 4) is 0 Å². The van der Waals surface area contributed by atoms with E-state index in [1.807, 2.05) is 0 Å². The summed E-state index contributed by atoms with van der Waals surface area (Å²) in [6, 6.07) is 11.3. The minimum Gasteiger partial charge on any atom is -0.431 e. The first kappa shape index (κ1) is 23.5. The van der Waals surface area contributed by atoms with Gasteiger partial charge in [0, 0.05) is 24.3 Å². The molecule has 1 aliphatic rings. The summed E-state index contributed by atoms with van der Waals surface area (Å²) in [4.78, 5) is 28.5. The number of Topliss-reactive ketones (excluding diaryl/α,β-unsaturated/α-hetero) is 1. The van der Waals surface area contributed by atoms with Gasteiger partial charge in [-0.25, -0.2) is 13.4 Å². The molecular formula is C23H25N3O5S2. The molecule has 10 heteroatoms. The highest BCUT2D eigenvalue weighted by Gasteiger charge is 2.27. The van der Waals surface area contributed by atoms with Crippen LogP contribution in [0.15, 0.2) is 57.0 Å². The van der Waals surface area contributed by atoms with E-state index in [1.54, 1.807) is 37.3 Å². The van der Waals surface area contributed by atoms with E-state index in [-0.39, 0.29) is 21.8 Å². The van der Waals surface area contributed by atoms with Crippen LogP contribution in [0, 0.1) is 0 Å². The van der Waals surface area contributed by atoms with Gasteiger partial charge in [0.15, 0.2) is 11.4 Å². The maximum absolute atomic E-state index is 12.9. The largest absolute Gasteiger partial charge is 0.431 e. The van der Waals surface area contributed by atoms with Crippen LogP contribution < -0.4 is 5.32 Å². The third kappa shape index (κ3) is 5.29. The van der Waals surface area contributed by atoms with Gasteiger partial charge in [-0.2, -0.15) is 4.31 Å². The Kier molecular flexibility index (Phi) is 6.87. The Morgan fingerprint density at radius 1 is 1.09 bits per heavy atom. The Balaban J connectivity index is 1.45. The van der Waals surface area contributed by atoms with Crippen LogP contribution in [-0.2, 0) is 14.8 Å². The predicted octanol–water partition coefficient (Wildman–Crippen LogP) is 4.32. The number of carbonyl (C=O) groups excluding carboxylic acids is 2. The van der Waals surface area contributed by atoms with Crippen LogP contribution in [0.25, 0.3) is 11.1 Å². The molecule has 0 radical (unpaired) electrons. The third-order valence-corrected chi connectivity index (χ3v) is 8.34. The number of nitrogens with one attached hydrogen (secondary N) is 1. The molecule has 1 unspecified atom stereocenters. The number of aromatic nitrogens is 1. The monoisotopic (exact) mass is 487 g/mol. The number of piperidine rings is 1. The van der Waals surface area contributed by atoms with E-state index in [9.17, 15) is 18.0 Å². The summed E-state index contributed by atoms with van der Waals surface area (Å²) in [7, 11) is -3.56. The second-order valence-electron chi connectivity index (χ2n) is 7.96. The van der Waals surface area contributed by atoms with Gasteiger partial charge < -0.3 is 9.73 Å². The number of oxazole rings is 1. The molecule has 0 aliphatic carbocycles. The first-order valence-electron chi connectivity index (χ1n) is 10.7. The SMILES string of the molecule is CC(=O)c1ccc(NC(=O)C(C)Sc2nc3cc(S(=O)(=O)N4CCCCC4)ccc3o2)cc1. The van der Waals surface area contributed by atoms with Crippen molar-refractivity contribution in [2.45, 2.75) is 48.5 Å². The van der Waals surface area contributed by atoms with E-state index in [0.717, 1.165) is 31.0 Å². The Bertz CT molecular complexity index is 1280. The second kappa shape index (κ2) is 9.66. The number of fused-ring (bicyclic) bond motifs is 1. The molecule has 0 bridgehead atoms. The number of nitrogens with zero attached hydrogens (tertiary/aromatic N) is 2. The number of thioether (sulfide) groups is 1. The van der Waals surface area contributed by atoms with Gasteiger partial charge in [0.05, 0.1) is 10.1 Å². The number of sulfonamides is 1. The van der Waals surface area contributed by atoms with Gasteiger partial charge >= 0.3 is 0 Å². The Morgan fingerprint density at radius 2 is 1.79 bits per heavy atom. The molecule has 1 amide bonds. The smallest absolute Gasteiger partial charge is 0.257 e. The number of rotatable bonds is 7. The quantitative estimate of drug-likeness (QED) is 0.390. The summed E-state index contributed by atoms with van der Waals surface area (Å²) in [6.45, 7) is 4.28. The van der Waals surface area contributed by atoms with Crippen LogP contribution in [0.5, 0.6) is 0 Å². The number of anilines is 1. The minimum atomic E-state index is -3.56. The molecule has 2 aromatic carbocycles. The fourth-order valence-corrected chi connectivity index (χ4v) is 5.88. The van der Waals surface area contributed by atoms with Crippen molar-refractivity contribution in [3.63, 3.8) is 0 Å². The lowest BCUT2D eigenvalue weighted by Crippen LogP contribution is -2.35. The van der Waals surface area contributed by atoms with Crippen LogP contribution in [0.1, 0.15) is 43.5 Å². The van der Waals surface area contributed by atoms with Crippen LogP contribution in [0.4, 0.5) is 5.69 Å². The molecule has 174 valence electrons. The van der Waals surface area contributed by atoms with Gasteiger partial charge in [-0.15, -0.1) is 0 Å². The molecule has 1 atom stereocenters. The Morgan fingerprint density at radius 3 is 2.45 bits per heavy atom. The molecule has 3 aromatic rings. The summed E-state index contributed by atoms with van der Waals surface area (Å²) in [5, 5.41) is 2.57.